The summed E-state index contributed by atoms with van der Waals surface area (Å²) in [6.07, 6.45) is 3.87. The molecule has 5 nitrogen and oxygen atoms in total. The van der Waals surface area contributed by atoms with Gasteiger partial charge in [-0.3, -0.25) is 4.68 Å². The summed E-state index contributed by atoms with van der Waals surface area (Å²) in [4.78, 5) is 7.31. The summed E-state index contributed by atoms with van der Waals surface area (Å²) in [6.45, 7) is 2.90. The minimum Gasteiger partial charge on any atom is -0.355 e. The SMILES string of the molecule is Fc1cccc(Cn2ccc(N3CCC(c4nc5ccccc5n4Cc4cccc(F)c4)CC3)n2)c1. The highest BCUT2D eigenvalue weighted by molar-refractivity contribution is 5.76. The standard InChI is InChI=1S/C29H27F2N5/c30-24-7-3-5-21(17-24)19-35-16-13-28(33-35)34-14-11-23(12-15-34)29-32-26-9-1-2-10-27(26)36(29)20-22-6-4-8-25(31)18-22/h1-10,13,16-18,23H,11-12,14-15,19-20H2. The van der Waals surface area contributed by atoms with Crippen LogP contribution in [0, 0.1) is 11.6 Å². The Morgan fingerprint density at radius 1 is 0.778 bits per heavy atom. The Hall–Kier alpha value is -4.00. The second-order valence-electron chi connectivity index (χ2n) is 9.44. The zero-order chi connectivity index (χ0) is 24.5. The van der Waals surface area contributed by atoms with Crippen molar-refractivity contribution in [2.45, 2.75) is 31.8 Å². The van der Waals surface area contributed by atoms with Crippen molar-refractivity contribution in [3.05, 3.63) is 114 Å². The number of hydrogen-bond donors (Lipinski definition) is 0. The van der Waals surface area contributed by atoms with Crippen molar-refractivity contribution in [1.29, 1.82) is 0 Å². The minimum absolute atomic E-state index is 0.219. The van der Waals surface area contributed by atoms with Gasteiger partial charge in [0.05, 0.1) is 17.6 Å². The van der Waals surface area contributed by atoms with Crippen molar-refractivity contribution in [3.63, 3.8) is 0 Å². The maximum atomic E-state index is 13.9. The van der Waals surface area contributed by atoms with Crippen molar-refractivity contribution in [1.82, 2.24) is 19.3 Å². The first kappa shape index (κ1) is 22.5. The highest BCUT2D eigenvalue weighted by atomic mass is 19.1. The molecule has 2 aromatic heterocycles. The lowest BCUT2D eigenvalue weighted by atomic mass is 9.95. The van der Waals surface area contributed by atoms with Crippen LogP contribution in [0.15, 0.2) is 85.1 Å². The molecule has 0 radical (unpaired) electrons. The summed E-state index contributed by atoms with van der Waals surface area (Å²) in [6, 6.07) is 23.6. The number of fused-ring (bicyclic) bond motifs is 1. The van der Waals surface area contributed by atoms with Crippen LogP contribution in [0.3, 0.4) is 0 Å². The molecule has 7 heteroatoms. The maximum absolute atomic E-state index is 13.9. The third-order valence-electron chi connectivity index (χ3n) is 6.96. The van der Waals surface area contributed by atoms with Gasteiger partial charge in [-0.05, 0) is 60.4 Å². The number of anilines is 1. The summed E-state index contributed by atoms with van der Waals surface area (Å²) >= 11 is 0. The molecule has 0 spiro atoms. The topological polar surface area (TPSA) is 38.9 Å². The monoisotopic (exact) mass is 483 g/mol. The van der Waals surface area contributed by atoms with E-state index < -0.39 is 0 Å². The fraction of sp³-hybridized carbons (Fsp3) is 0.241. The predicted molar refractivity (Wildman–Crippen MR) is 137 cm³/mol. The molecule has 3 heterocycles. The van der Waals surface area contributed by atoms with Crippen molar-refractivity contribution in [3.8, 4) is 0 Å². The van der Waals surface area contributed by atoms with Gasteiger partial charge >= 0.3 is 0 Å². The van der Waals surface area contributed by atoms with E-state index in [2.05, 4.69) is 15.5 Å². The molecule has 36 heavy (non-hydrogen) atoms. The molecule has 0 amide bonds. The average molecular weight is 484 g/mol. The molecule has 1 saturated heterocycles. The Kier molecular flexibility index (Phi) is 5.97. The third-order valence-corrected chi connectivity index (χ3v) is 6.96. The van der Waals surface area contributed by atoms with Crippen LogP contribution in [-0.2, 0) is 13.1 Å². The highest BCUT2D eigenvalue weighted by Crippen LogP contribution is 2.32. The normalized spacial score (nSPS) is 14.6. The number of imidazole rings is 1. The number of benzene rings is 3. The van der Waals surface area contributed by atoms with Crippen LogP contribution in [0.1, 0.15) is 35.7 Å². The van der Waals surface area contributed by atoms with Gasteiger partial charge in [0.15, 0.2) is 5.82 Å². The molecule has 0 unspecified atom stereocenters. The first-order valence-electron chi connectivity index (χ1n) is 12.3. The lowest BCUT2D eigenvalue weighted by molar-refractivity contribution is 0.469. The van der Waals surface area contributed by atoms with Gasteiger partial charge in [0.1, 0.15) is 17.5 Å². The molecule has 0 bridgehead atoms. The van der Waals surface area contributed by atoms with Gasteiger partial charge in [-0.2, -0.15) is 5.10 Å². The van der Waals surface area contributed by atoms with Crippen LogP contribution in [0.5, 0.6) is 0 Å². The second-order valence-corrected chi connectivity index (χ2v) is 9.44. The molecule has 0 aliphatic carbocycles. The summed E-state index contributed by atoms with van der Waals surface area (Å²) in [7, 11) is 0. The lowest BCUT2D eigenvalue weighted by Crippen LogP contribution is -2.34. The van der Waals surface area contributed by atoms with Crippen LogP contribution >= 0.6 is 0 Å². The number of aromatic nitrogens is 4. The number of hydrogen-bond acceptors (Lipinski definition) is 3. The van der Waals surface area contributed by atoms with E-state index in [4.69, 9.17) is 10.1 Å². The first-order chi connectivity index (χ1) is 17.6. The fourth-order valence-corrected chi connectivity index (χ4v) is 5.19. The van der Waals surface area contributed by atoms with E-state index >= 15 is 0 Å². The Morgan fingerprint density at radius 2 is 1.47 bits per heavy atom. The van der Waals surface area contributed by atoms with Crippen LogP contribution in [0.2, 0.25) is 0 Å². The van der Waals surface area contributed by atoms with Crippen molar-refractivity contribution >= 4 is 16.9 Å². The van der Waals surface area contributed by atoms with E-state index in [1.165, 1.54) is 12.1 Å². The molecule has 1 fully saturated rings. The number of nitrogens with zero attached hydrogens (tertiary/aromatic N) is 5. The largest absolute Gasteiger partial charge is 0.355 e. The molecule has 0 N–H and O–H groups in total. The van der Waals surface area contributed by atoms with Gasteiger partial charge in [-0.1, -0.05) is 36.4 Å². The Bertz CT molecular complexity index is 1500. The summed E-state index contributed by atoms with van der Waals surface area (Å²) < 4.78 is 31.5. The van der Waals surface area contributed by atoms with E-state index in [-0.39, 0.29) is 11.6 Å². The average Bonchev–Trinajstić information content (AvgIpc) is 3.49. The van der Waals surface area contributed by atoms with Crippen LogP contribution in [-0.4, -0.2) is 32.4 Å². The Labute approximate surface area is 208 Å². The van der Waals surface area contributed by atoms with Gasteiger partial charge in [0, 0.05) is 37.8 Å². The number of rotatable bonds is 6. The zero-order valence-corrected chi connectivity index (χ0v) is 19.9. The zero-order valence-electron chi connectivity index (χ0n) is 19.9. The Morgan fingerprint density at radius 3 is 2.19 bits per heavy atom. The first-order valence-corrected chi connectivity index (χ1v) is 12.3. The summed E-state index contributed by atoms with van der Waals surface area (Å²) in [5, 5.41) is 4.74. The number of piperidine rings is 1. The molecule has 5 aromatic rings. The van der Waals surface area contributed by atoms with E-state index in [0.29, 0.717) is 19.0 Å². The molecular formula is C29H27F2N5. The van der Waals surface area contributed by atoms with Crippen LogP contribution in [0.25, 0.3) is 11.0 Å². The quantitative estimate of drug-likeness (QED) is 0.298. The minimum atomic E-state index is -0.231. The van der Waals surface area contributed by atoms with Gasteiger partial charge in [-0.15, -0.1) is 0 Å². The van der Waals surface area contributed by atoms with Gasteiger partial charge in [-0.25, -0.2) is 13.8 Å². The summed E-state index contributed by atoms with van der Waals surface area (Å²) in [5.41, 5.74) is 3.87. The molecule has 182 valence electrons. The number of para-hydroxylation sites is 2. The number of halogens is 2. The summed E-state index contributed by atoms with van der Waals surface area (Å²) in [5.74, 6) is 1.88. The lowest BCUT2D eigenvalue weighted by Gasteiger charge is -2.32. The van der Waals surface area contributed by atoms with E-state index in [9.17, 15) is 8.78 Å². The molecule has 1 aliphatic heterocycles. The smallest absolute Gasteiger partial charge is 0.150 e. The van der Waals surface area contributed by atoms with E-state index in [1.54, 1.807) is 24.3 Å². The van der Waals surface area contributed by atoms with Crippen molar-refractivity contribution < 1.29 is 8.78 Å². The van der Waals surface area contributed by atoms with E-state index in [1.807, 2.05) is 47.3 Å². The van der Waals surface area contributed by atoms with Crippen LogP contribution < -0.4 is 4.90 Å². The van der Waals surface area contributed by atoms with Crippen LogP contribution in [0.4, 0.5) is 14.6 Å². The molecule has 0 saturated carbocycles. The van der Waals surface area contributed by atoms with Gasteiger partial charge in [0.2, 0.25) is 0 Å². The van der Waals surface area contributed by atoms with Gasteiger partial charge < -0.3 is 9.47 Å². The molecular weight excluding hydrogens is 456 g/mol. The van der Waals surface area contributed by atoms with Crippen molar-refractivity contribution in [2.75, 3.05) is 18.0 Å². The molecule has 1 aliphatic rings. The molecule has 6 rings (SSSR count). The third kappa shape index (κ3) is 4.61. The predicted octanol–water partition coefficient (Wildman–Crippen LogP) is 5.99. The highest BCUT2D eigenvalue weighted by Gasteiger charge is 2.26. The maximum Gasteiger partial charge on any atom is 0.150 e. The molecule has 0 atom stereocenters. The Balaban J connectivity index is 1.18. The fourth-order valence-electron chi connectivity index (χ4n) is 5.19. The van der Waals surface area contributed by atoms with Gasteiger partial charge in [0.25, 0.3) is 0 Å². The molecule has 3 aromatic carbocycles. The van der Waals surface area contributed by atoms with E-state index in [0.717, 1.165) is 59.7 Å². The second kappa shape index (κ2) is 9.57. The van der Waals surface area contributed by atoms with Crippen molar-refractivity contribution in [2.24, 2.45) is 0 Å².